The van der Waals surface area contributed by atoms with Crippen molar-refractivity contribution in [2.24, 2.45) is 0 Å². The van der Waals surface area contributed by atoms with Gasteiger partial charge in [0.2, 0.25) is 0 Å². The molecule has 1 aliphatic heterocycles. The molecular formula is C10H13NOS2. The monoisotopic (exact) mass is 227 g/mol. The summed E-state index contributed by atoms with van der Waals surface area (Å²) < 4.78 is 1.20. The van der Waals surface area contributed by atoms with Gasteiger partial charge in [0, 0.05) is 17.9 Å². The molecule has 0 amide bonds. The van der Waals surface area contributed by atoms with Crippen LogP contribution < -0.4 is 0 Å². The fraction of sp³-hybridized carbons (Fsp3) is 0.300. The molecule has 0 fully saturated rings. The lowest BCUT2D eigenvalue weighted by Gasteiger charge is -2.03. The highest BCUT2D eigenvalue weighted by Gasteiger charge is 2.11. The number of rotatable bonds is 3. The molecule has 2 nitrogen and oxygen atoms in total. The summed E-state index contributed by atoms with van der Waals surface area (Å²) in [4.78, 5) is 5.77. The molecule has 1 N–H and O–H groups in total. The molecule has 0 saturated carbocycles. The molecule has 1 aromatic heterocycles. The van der Waals surface area contributed by atoms with E-state index < -0.39 is 0 Å². The molecule has 1 aromatic rings. The number of allylic oxidation sites excluding steroid dienone is 2. The minimum atomic E-state index is -0.282. The molecule has 0 atom stereocenters. The van der Waals surface area contributed by atoms with Crippen LogP contribution in [-0.2, 0) is 6.42 Å². The van der Waals surface area contributed by atoms with Crippen LogP contribution in [0.4, 0.5) is 0 Å². The summed E-state index contributed by atoms with van der Waals surface area (Å²) in [6.45, 7) is 2.23. The lowest BCUT2D eigenvalue weighted by atomic mass is 10.3. The summed E-state index contributed by atoms with van der Waals surface area (Å²) in [6, 6.07) is 0. The molecule has 76 valence electrons. The number of aliphatic hydroxyl groups excluding tert-OH is 1. The standard InChI is InChI=1S/C10H13NOS2/c1-8-9(4-5-12)13-10(11-8)14-6-2-3-7-14/h2-3,6-7,12,14H,4-5H2,1H3. The van der Waals surface area contributed by atoms with Crippen molar-refractivity contribution in [2.45, 2.75) is 17.7 Å². The van der Waals surface area contributed by atoms with Crippen LogP contribution in [0.5, 0.6) is 0 Å². The van der Waals surface area contributed by atoms with Gasteiger partial charge in [-0.15, -0.1) is 11.3 Å². The van der Waals surface area contributed by atoms with Gasteiger partial charge in [-0.2, -0.15) is 10.9 Å². The maximum absolute atomic E-state index is 8.87. The number of aliphatic hydroxyl groups is 1. The van der Waals surface area contributed by atoms with E-state index in [2.05, 4.69) is 28.0 Å². The molecule has 0 unspecified atom stereocenters. The lowest BCUT2D eigenvalue weighted by Crippen LogP contribution is -1.88. The van der Waals surface area contributed by atoms with Crippen LogP contribution in [0.3, 0.4) is 0 Å². The summed E-state index contributed by atoms with van der Waals surface area (Å²) >= 11 is 1.74. The smallest absolute Gasteiger partial charge is 0.137 e. The van der Waals surface area contributed by atoms with Crippen molar-refractivity contribution in [1.82, 2.24) is 4.98 Å². The molecule has 1 aliphatic rings. The Balaban J connectivity index is 2.23. The molecule has 0 bridgehead atoms. The molecule has 0 saturated heterocycles. The van der Waals surface area contributed by atoms with Crippen LogP contribution in [0, 0.1) is 6.92 Å². The Morgan fingerprint density at radius 1 is 1.43 bits per heavy atom. The van der Waals surface area contributed by atoms with E-state index in [-0.39, 0.29) is 17.5 Å². The second-order valence-electron chi connectivity index (χ2n) is 3.07. The molecule has 0 spiro atoms. The van der Waals surface area contributed by atoms with Crippen molar-refractivity contribution in [3.63, 3.8) is 0 Å². The zero-order chi connectivity index (χ0) is 9.97. The molecule has 2 rings (SSSR count). The van der Waals surface area contributed by atoms with Crippen LogP contribution in [0.15, 0.2) is 27.3 Å². The van der Waals surface area contributed by atoms with Gasteiger partial charge in [-0.25, -0.2) is 4.98 Å². The summed E-state index contributed by atoms with van der Waals surface area (Å²) in [6.07, 6.45) is 4.89. The topological polar surface area (TPSA) is 33.1 Å². The quantitative estimate of drug-likeness (QED) is 0.777. The van der Waals surface area contributed by atoms with Gasteiger partial charge in [0.15, 0.2) is 0 Å². The van der Waals surface area contributed by atoms with E-state index in [4.69, 9.17) is 5.11 Å². The van der Waals surface area contributed by atoms with Gasteiger partial charge >= 0.3 is 0 Å². The first kappa shape index (κ1) is 9.96. The van der Waals surface area contributed by atoms with Gasteiger partial charge < -0.3 is 5.11 Å². The van der Waals surface area contributed by atoms with Crippen LogP contribution in [0.2, 0.25) is 0 Å². The van der Waals surface area contributed by atoms with Gasteiger partial charge in [-0.05, 0) is 17.7 Å². The van der Waals surface area contributed by atoms with Gasteiger partial charge in [0.1, 0.15) is 4.34 Å². The fourth-order valence-electron chi connectivity index (χ4n) is 1.32. The second-order valence-corrected chi connectivity index (χ2v) is 6.29. The number of thiazole rings is 1. The van der Waals surface area contributed by atoms with E-state index in [1.165, 1.54) is 9.22 Å². The van der Waals surface area contributed by atoms with E-state index in [1.807, 2.05) is 6.92 Å². The first-order chi connectivity index (χ1) is 6.81. The lowest BCUT2D eigenvalue weighted by molar-refractivity contribution is 0.300. The third-order valence-corrected chi connectivity index (χ3v) is 5.50. The first-order valence-corrected chi connectivity index (χ1v) is 6.81. The molecule has 0 aromatic carbocycles. The van der Waals surface area contributed by atoms with Gasteiger partial charge in [0.25, 0.3) is 0 Å². The van der Waals surface area contributed by atoms with Crippen molar-refractivity contribution in [3.05, 3.63) is 33.5 Å². The molecule has 0 radical (unpaired) electrons. The minimum Gasteiger partial charge on any atom is -0.396 e. The summed E-state index contributed by atoms with van der Waals surface area (Å²) in [5.41, 5.74) is 1.08. The summed E-state index contributed by atoms with van der Waals surface area (Å²) in [7, 11) is -0.282. The zero-order valence-corrected chi connectivity index (χ0v) is 9.68. The zero-order valence-electron chi connectivity index (χ0n) is 7.97. The molecule has 4 heteroatoms. The molecular weight excluding hydrogens is 214 g/mol. The number of aryl methyl sites for hydroxylation is 1. The van der Waals surface area contributed by atoms with Crippen molar-refractivity contribution in [1.29, 1.82) is 0 Å². The average molecular weight is 227 g/mol. The largest absolute Gasteiger partial charge is 0.396 e. The third-order valence-electron chi connectivity index (χ3n) is 2.05. The van der Waals surface area contributed by atoms with E-state index in [0.717, 1.165) is 12.1 Å². The maximum atomic E-state index is 8.87. The van der Waals surface area contributed by atoms with Crippen LogP contribution in [0.25, 0.3) is 0 Å². The van der Waals surface area contributed by atoms with Gasteiger partial charge in [-0.3, -0.25) is 0 Å². The molecule has 14 heavy (non-hydrogen) atoms. The Labute approximate surface area is 90.3 Å². The van der Waals surface area contributed by atoms with E-state index in [0.29, 0.717) is 0 Å². The van der Waals surface area contributed by atoms with Crippen molar-refractivity contribution in [3.8, 4) is 0 Å². The van der Waals surface area contributed by atoms with Gasteiger partial charge in [0.05, 0.1) is 5.69 Å². The number of thiol groups is 1. The molecule has 2 heterocycles. The fourth-order valence-corrected chi connectivity index (χ4v) is 4.42. The number of aromatic nitrogens is 1. The van der Waals surface area contributed by atoms with E-state index >= 15 is 0 Å². The highest BCUT2D eigenvalue weighted by atomic mass is 32.2. The normalized spacial score (nSPS) is 16.9. The predicted molar refractivity (Wildman–Crippen MR) is 63.2 cm³/mol. The van der Waals surface area contributed by atoms with Gasteiger partial charge in [-0.1, -0.05) is 12.2 Å². The Morgan fingerprint density at radius 2 is 2.14 bits per heavy atom. The Hall–Kier alpha value is -0.580. The highest BCUT2D eigenvalue weighted by Crippen LogP contribution is 2.44. The van der Waals surface area contributed by atoms with Crippen LogP contribution in [-0.4, -0.2) is 16.7 Å². The van der Waals surface area contributed by atoms with E-state index in [9.17, 15) is 0 Å². The van der Waals surface area contributed by atoms with Crippen molar-refractivity contribution >= 4 is 22.2 Å². The Morgan fingerprint density at radius 3 is 2.79 bits per heavy atom. The average Bonchev–Trinajstić information content (AvgIpc) is 2.76. The van der Waals surface area contributed by atoms with Crippen LogP contribution >= 0.6 is 22.2 Å². The SMILES string of the molecule is Cc1nc([SH]2C=CC=C2)sc1CCO. The maximum Gasteiger partial charge on any atom is 0.137 e. The summed E-state index contributed by atoms with van der Waals surface area (Å²) in [5, 5.41) is 13.3. The minimum absolute atomic E-state index is 0.214. The predicted octanol–water partition coefficient (Wildman–Crippen LogP) is 2.39. The molecule has 0 aliphatic carbocycles. The van der Waals surface area contributed by atoms with Crippen molar-refractivity contribution in [2.75, 3.05) is 6.61 Å². The van der Waals surface area contributed by atoms with Crippen molar-refractivity contribution < 1.29 is 5.11 Å². The third kappa shape index (κ3) is 1.92. The Bertz CT molecular complexity index is 369. The highest BCUT2D eigenvalue weighted by molar-refractivity contribution is 8.23. The van der Waals surface area contributed by atoms with Crippen LogP contribution in [0.1, 0.15) is 10.6 Å². The number of nitrogens with zero attached hydrogens (tertiary/aromatic N) is 1. The number of hydrogen-bond acceptors (Lipinski definition) is 3. The summed E-state index contributed by atoms with van der Waals surface area (Å²) in [5.74, 6) is 0. The second kappa shape index (κ2) is 4.29. The Kier molecular flexibility index (Phi) is 3.05. The van der Waals surface area contributed by atoms with E-state index in [1.54, 1.807) is 11.3 Å². The first-order valence-electron chi connectivity index (χ1n) is 4.52. The number of hydrogen-bond donors (Lipinski definition) is 2.